The number of para-hydroxylation sites is 1. The molecule has 0 atom stereocenters. The van der Waals surface area contributed by atoms with E-state index in [9.17, 15) is 18.0 Å². The molecule has 3 nitrogen and oxygen atoms in total. The van der Waals surface area contributed by atoms with Crippen molar-refractivity contribution in [2.45, 2.75) is 25.6 Å². The SMILES string of the molecule is COc1c(C(F)(F)F)cccc1C(C)(C)N=C=O. The molecule has 98 valence electrons. The molecule has 0 aromatic heterocycles. The predicted octanol–water partition coefficient (Wildman–Crippen LogP) is 3.28. The number of ether oxygens (including phenoxy) is 1. The molecule has 1 aromatic rings. The second-order valence-electron chi connectivity index (χ2n) is 4.15. The smallest absolute Gasteiger partial charge is 0.419 e. The van der Waals surface area contributed by atoms with E-state index in [4.69, 9.17) is 4.74 Å². The Balaban J connectivity index is 3.52. The highest BCUT2D eigenvalue weighted by molar-refractivity contribution is 5.48. The minimum Gasteiger partial charge on any atom is -0.496 e. The van der Waals surface area contributed by atoms with E-state index >= 15 is 0 Å². The molecule has 0 aliphatic rings. The quantitative estimate of drug-likeness (QED) is 0.617. The van der Waals surface area contributed by atoms with Gasteiger partial charge in [0.25, 0.3) is 0 Å². The molecule has 0 radical (unpaired) electrons. The van der Waals surface area contributed by atoms with Crippen LogP contribution >= 0.6 is 0 Å². The fourth-order valence-corrected chi connectivity index (χ4v) is 1.64. The van der Waals surface area contributed by atoms with Crippen LogP contribution in [0.25, 0.3) is 0 Å². The third-order valence-electron chi connectivity index (χ3n) is 2.51. The first-order chi connectivity index (χ1) is 8.24. The molecule has 0 heterocycles. The number of benzene rings is 1. The summed E-state index contributed by atoms with van der Waals surface area (Å²) in [5, 5.41) is 0. The second kappa shape index (κ2) is 4.82. The monoisotopic (exact) mass is 259 g/mol. The van der Waals surface area contributed by atoms with Crippen molar-refractivity contribution in [1.82, 2.24) is 0 Å². The van der Waals surface area contributed by atoms with E-state index < -0.39 is 17.3 Å². The molecule has 0 fully saturated rings. The highest BCUT2D eigenvalue weighted by atomic mass is 19.4. The predicted molar refractivity (Wildman–Crippen MR) is 59.1 cm³/mol. The Morgan fingerprint density at radius 3 is 2.22 bits per heavy atom. The van der Waals surface area contributed by atoms with Gasteiger partial charge in [0.15, 0.2) is 0 Å². The molecule has 0 N–H and O–H groups in total. The number of nitrogens with zero attached hydrogens (tertiary/aromatic N) is 1. The molecule has 0 spiro atoms. The van der Waals surface area contributed by atoms with Gasteiger partial charge in [-0.3, -0.25) is 0 Å². The first kappa shape index (κ1) is 14.3. The molecule has 0 aliphatic carbocycles. The average Bonchev–Trinajstić information content (AvgIpc) is 2.26. The number of alkyl halides is 3. The van der Waals surface area contributed by atoms with Crippen molar-refractivity contribution < 1.29 is 22.7 Å². The third kappa shape index (κ3) is 2.71. The third-order valence-corrected chi connectivity index (χ3v) is 2.51. The van der Waals surface area contributed by atoms with Crippen molar-refractivity contribution in [1.29, 1.82) is 0 Å². The Morgan fingerprint density at radius 1 is 1.22 bits per heavy atom. The van der Waals surface area contributed by atoms with Gasteiger partial charge in [-0.1, -0.05) is 12.1 Å². The highest BCUT2D eigenvalue weighted by Crippen LogP contribution is 2.42. The van der Waals surface area contributed by atoms with Crippen LogP contribution in [-0.2, 0) is 16.5 Å². The lowest BCUT2D eigenvalue weighted by Crippen LogP contribution is -2.18. The Hall–Kier alpha value is -1.81. The number of aliphatic imine (C=N–C) groups is 1. The fraction of sp³-hybridized carbons (Fsp3) is 0.417. The van der Waals surface area contributed by atoms with Crippen LogP contribution in [0.15, 0.2) is 23.2 Å². The number of carbonyl (C=O) groups excluding carboxylic acids is 1. The molecular weight excluding hydrogens is 247 g/mol. The van der Waals surface area contributed by atoms with Crippen LogP contribution in [0.3, 0.4) is 0 Å². The minimum absolute atomic E-state index is 0.183. The van der Waals surface area contributed by atoms with E-state index in [1.807, 2.05) is 0 Å². The summed E-state index contributed by atoms with van der Waals surface area (Å²) in [6.07, 6.45) is -3.17. The molecule has 18 heavy (non-hydrogen) atoms. The van der Waals surface area contributed by atoms with Gasteiger partial charge < -0.3 is 4.74 Å². The lowest BCUT2D eigenvalue weighted by molar-refractivity contribution is -0.138. The maximum Gasteiger partial charge on any atom is 0.419 e. The van der Waals surface area contributed by atoms with Gasteiger partial charge >= 0.3 is 6.18 Å². The summed E-state index contributed by atoms with van der Waals surface area (Å²) in [6, 6.07) is 3.61. The number of isocyanates is 1. The molecule has 0 bridgehead atoms. The molecule has 0 saturated carbocycles. The minimum atomic E-state index is -4.53. The van der Waals surface area contributed by atoms with Crippen LogP contribution in [0.1, 0.15) is 25.0 Å². The fourth-order valence-electron chi connectivity index (χ4n) is 1.64. The van der Waals surface area contributed by atoms with Gasteiger partial charge in [0, 0.05) is 5.56 Å². The summed E-state index contributed by atoms with van der Waals surface area (Å²) in [5.74, 6) is -0.325. The van der Waals surface area contributed by atoms with Crippen molar-refractivity contribution in [2.24, 2.45) is 4.99 Å². The molecule has 1 rings (SSSR count). The molecule has 0 unspecified atom stereocenters. The zero-order chi connectivity index (χ0) is 14.0. The summed E-state index contributed by atoms with van der Waals surface area (Å²) in [6.45, 7) is 3.02. The zero-order valence-corrected chi connectivity index (χ0v) is 10.1. The maximum absolute atomic E-state index is 12.8. The first-order valence-electron chi connectivity index (χ1n) is 5.07. The summed E-state index contributed by atoms with van der Waals surface area (Å²) in [7, 11) is 1.15. The molecule has 6 heteroatoms. The molecule has 0 aliphatic heterocycles. The average molecular weight is 259 g/mol. The number of hydrogen-bond acceptors (Lipinski definition) is 3. The number of methoxy groups -OCH3 is 1. The van der Waals surface area contributed by atoms with Gasteiger partial charge in [0.05, 0.1) is 18.2 Å². The Kier molecular flexibility index (Phi) is 3.82. The second-order valence-corrected chi connectivity index (χ2v) is 4.15. The number of halogens is 3. The largest absolute Gasteiger partial charge is 0.496 e. The van der Waals surface area contributed by atoms with Crippen LogP contribution in [0, 0.1) is 0 Å². The molecule has 0 saturated heterocycles. The van der Waals surface area contributed by atoms with Crippen molar-refractivity contribution in [3.05, 3.63) is 29.3 Å². The van der Waals surface area contributed by atoms with Crippen LogP contribution in [0.2, 0.25) is 0 Å². The van der Waals surface area contributed by atoms with E-state index in [0.717, 1.165) is 13.2 Å². The zero-order valence-electron chi connectivity index (χ0n) is 10.1. The number of hydrogen-bond donors (Lipinski definition) is 0. The molecular formula is C12H12F3NO2. The molecule has 0 amide bonds. The molecule has 1 aromatic carbocycles. The Bertz CT molecular complexity index is 489. The van der Waals surface area contributed by atoms with Crippen molar-refractivity contribution in [2.75, 3.05) is 7.11 Å². The summed E-state index contributed by atoms with van der Waals surface area (Å²) in [5.41, 5.74) is -1.84. The van der Waals surface area contributed by atoms with Gasteiger partial charge in [-0.2, -0.15) is 18.2 Å². The van der Waals surface area contributed by atoms with Crippen LogP contribution in [-0.4, -0.2) is 13.2 Å². The standard InChI is InChI=1S/C12H12F3NO2/c1-11(2,16-7-17)8-5-4-6-9(10(8)18-3)12(13,14)15/h4-6H,1-3H3. The van der Waals surface area contributed by atoms with E-state index in [1.54, 1.807) is 0 Å². The van der Waals surface area contributed by atoms with Gasteiger partial charge in [-0.15, -0.1) is 0 Å². The van der Waals surface area contributed by atoms with E-state index in [0.29, 0.717) is 0 Å². The summed E-state index contributed by atoms with van der Waals surface area (Å²) >= 11 is 0. The lowest BCUT2D eigenvalue weighted by Gasteiger charge is -2.23. The van der Waals surface area contributed by atoms with Crippen molar-refractivity contribution in [3.63, 3.8) is 0 Å². The van der Waals surface area contributed by atoms with Gasteiger partial charge in [0.1, 0.15) is 5.75 Å². The van der Waals surface area contributed by atoms with Crippen molar-refractivity contribution in [3.8, 4) is 5.75 Å². The van der Waals surface area contributed by atoms with E-state index in [2.05, 4.69) is 4.99 Å². The van der Waals surface area contributed by atoms with E-state index in [-0.39, 0.29) is 11.3 Å². The van der Waals surface area contributed by atoms with Gasteiger partial charge in [-0.25, -0.2) is 4.79 Å². The highest BCUT2D eigenvalue weighted by Gasteiger charge is 2.37. The topological polar surface area (TPSA) is 38.7 Å². The van der Waals surface area contributed by atoms with E-state index in [1.165, 1.54) is 32.1 Å². The van der Waals surface area contributed by atoms with Crippen LogP contribution in [0.4, 0.5) is 13.2 Å². The van der Waals surface area contributed by atoms with Gasteiger partial charge in [0.2, 0.25) is 6.08 Å². The van der Waals surface area contributed by atoms with Crippen LogP contribution in [0.5, 0.6) is 5.75 Å². The number of rotatable bonds is 3. The lowest BCUT2D eigenvalue weighted by atomic mass is 9.92. The summed E-state index contributed by atoms with van der Waals surface area (Å²) < 4.78 is 43.2. The Labute approximate surface area is 102 Å². The van der Waals surface area contributed by atoms with Gasteiger partial charge in [-0.05, 0) is 19.9 Å². The van der Waals surface area contributed by atoms with Crippen molar-refractivity contribution >= 4 is 6.08 Å². The summed E-state index contributed by atoms with van der Waals surface area (Å²) in [4.78, 5) is 13.8. The Morgan fingerprint density at radius 2 is 1.78 bits per heavy atom. The maximum atomic E-state index is 12.8. The normalized spacial score (nSPS) is 11.9. The first-order valence-corrected chi connectivity index (χ1v) is 5.07. The van der Waals surface area contributed by atoms with Crippen LogP contribution < -0.4 is 4.74 Å².